The zero-order valence-corrected chi connectivity index (χ0v) is 12.5. The van der Waals surface area contributed by atoms with Gasteiger partial charge in [0, 0.05) is 15.3 Å². The summed E-state index contributed by atoms with van der Waals surface area (Å²) in [6, 6.07) is 10.8. The van der Waals surface area contributed by atoms with Gasteiger partial charge < -0.3 is 5.32 Å². The molecule has 0 aliphatic rings. The molecule has 0 saturated heterocycles. The topological polar surface area (TPSA) is 52.9 Å². The molecule has 0 aliphatic carbocycles. The summed E-state index contributed by atoms with van der Waals surface area (Å²) >= 11 is 1.73. The lowest BCUT2D eigenvalue weighted by atomic mass is 10.1. The molecule has 3 nitrogen and oxygen atoms in total. The summed E-state index contributed by atoms with van der Waals surface area (Å²) in [5.74, 6) is -0.155. The van der Waals surface area contributed by atoms with Crippen molar-refractivity contribution in [2.45, 2.75) is 26.8 Å². The molecule has 0 spiro atoms. The lowest BCUT2D eigenvalue weighted by molar-refractivity contribution is 0.0940. The third-order valence-corrected chi connectivity index (χ3v) is 4.13. The summed E-state index contributed by atoms with van der Waals surface area (Å²) in [5.41, 5.74) is 2.16. The minimum Gasteiger partial charge on any atom is -0.345 e. The average Bonchev–Trinajstić information content (AvgIpc) is 2.77. The maximum absolute atomic E-state index is 12.2. The van der Waals surface area contributed by atoms with Gasteiger partial charge in [-0.1, -0.05) is 6.07 Å². The first-order valence-corrected chi connectivity index (χ1v) is 7.21. The van der Waals surface area contributed by atoms with Crippen molar-refractivity contribution in [1.29, 1.82) is 5.26 Å². The van der Waals surface area contributed by atoms with E-state index in [1.54, 1.807) is 35.6 Å². The van der Waals surface area contributed by atoms with Gasteiger partial charge in [-0.05, 0) is 50.6 Å². The smallest absolute Gasteiger partial charge is 0.251 e. The van der Waals surface area contributed by atoms with Crippen molar-refractivity contribution in [1.82, 2.24) is 5.32 Å². The van der Waals surface area contributed by atoms with Gasteiger partial charge in [0.05, 0.1) is 17.7 Å². The Kier molecular flexibility index (Phi) is 4.21. The van der Waals surface area contributed by atoms with E-state index >= 15 is 0 Å². The van der Waals surface area contributed by atoms with E-state index in [-0.39, 0.29) is 11.9 Å². The predicted octanol–water partition coefficient (Wildman–Crippen LogP) is 3.73. The molecule has 0 aliphatic heterocycles. The van der Waals surface area contributed by atoms with Gasteiger partial charge in [-0.15, -0.1) is 11.3 Å². The highest BCUT2D eigenvalue weighted by atomic mass is 32.1. The Hall–Kier alpha value is -2.12. The van der Waals surface area contributed by atoms with Gasteiger partial charge in [-0.25, -0.2) is 0 Å². The number of hydrogen-bond donors (Lipinski definition) is 1. The maximum Gasteiger partial charge on any atom is 0.251 e. The van der Waals surface area contributed by atoms with Crippen LogP contribution in [0.5, 0.6) is 0 Å². The van der Waals surface area contributed by atoms with E-state index in [0.29, 0.717) is 11.1 Å². The molecule has 1 atom stereocenters. The van der Waals surface area contributed by atoms with Crippen LogP contribution in [-0.4, -0.2) is 5.91 Å². The van der Waals surface area contributed by atoms with Crippen LogP contribution in [0.1, 0.15) is 44.2 Å². The second kappa shape index (κ2) is 5.89. The van der Waals surface area contributed by atoms with Gasteiger partial charge in [-0.2, -0.15) is 5.26 Å². The van der Waals surface area contributed by atoms with E-state index in [9.17, 15) is 4.79 Å². The van der Waals surface area contributed by atoms with Gasteiger partial charge in [-0.3, -0.25) is 4.79 Å². The fourth-order valence-corrected chi connectivity index (χ4v) is 3.19. The van der Waals surface area contributed by atoms with Crippen LogP contribution in [0.15, 0.2) is 30.3 Å². The molecule has 1 aromatic carbocycles. The Morgan fingerprint density at radius 3 is 2.70 bits per heavy atom. The second-order valence-corrected chi connectivity index (χ2v) is 6.22. The molecule has 1 aromatic heterocycles. The summed E-state index contributed by atoms with van der Waals surface area (Å²) in [4.78, 5) is 14.7. The number of carbonyl (C=O) groups is 1. The molecule has 4 heteroatoms. The number of hydrogen-bond acceptors (Lipinski definition) is 3. The quantitative estimate of drug-likeness (QED) is 0.933. The number of benzene rings is 1. The molecular weight excluding hydrogens is 268 g/mol. The number of rotatable bonds is 3. The van der Waals surface area contributed by atoms with Gasteiger partial charge in [0.1, 0.15) is 0 Å². The fourth-order valence-electron chi connectivity index (χ4n) is 2.17. The number of nitrogens with zero attached hydrogens (tertiary/aromatic N) is 1. The standard InChI is InChI=1S/C16H16N2OS/c1-10-7-15(12(3)20-10)11(2)18-16(19)14-6-4-5-13(8-14)9-17/h4-8,11H,1-3H3,(H,18,19)/t11-/m0/s1. The van der Waals surface area contributed by atoms with Crippen molar-refractivity contribution in [2.24, 2.45) is 0 Å². The van der Waals surface area contributed by atoms with Crippen LogP contribution in [0, 0.1) is 25.2 Å². The first-order chi connectivity index (χ1) is 9.51. The van der Waals surface area contributed by atoms with Crippen LogP contribution < -0.4 is 5.32 Å². The average molecular weight is 284 g/mol. The molecule has 0 unspecified atom stereocenters. The minimum absolute atomic E-state index is 0.0433. The van der Waals surface area contributed by atoms with Crippen LogP contribution in [0.3, 0.4) is 0 Å². The normalized spacial score (nSPS) is 11.7. The Balaban J connectivity index is 2.15. The van der Waals surface area contributed by atoms with Crippen LogP contribution in [0.25, 0.3) is 0 Å². The molecule has 2 aromatic rings. The van der Waals surface area contributed by atoms with E-state index in [1.807, 2.05) is 13.0 Å². The molecule has 0 fully saturated rings. The van der Waals surface area contributed by atoms with Crippen LogP contribution in [-0.2, 0) is 0 Å². The fraction of sp³-hybridized carbons (Fsp3) is 0.250. The van der Waals surface area contributed by atoms with Crippen molar-refractivity contribution >= 4 is 17.2 Å². The second-order valence-electron chi connectivity index (χ2n) is 4.76. The van der Waals surface area contributed by atoms with Gasteiger partial charge >= 0.3 is 0 Å². The van der Waals surface area contributed by atoms with Crippen molar-refractivity contribution in [3.05, 3.63) is 56.8 Å². The molecule has 0 radical (unpaired) electrons. The van der Waals surface area contributed by atoms with Crippen LogP contribution in [0.4, 0.5) is 0 Å². The Morgan fingerprint density at radius 1 is 1.35 bits per heavy atom. The molecular formula is C16H16N2OS. The minimum atomic E-state index is -0.155. The highest BCUT2D eigenvalue weighted by molar-refractivity contribution is 7.12. The zero-order valence-electron chi connectivity index (χ0n) is 11.7. The third-order valence-electron chi connectivity index (χ3n) is 3.15. The largest absolute Gasteiger partial charge is 0.345 e. The summed E-state index contributed by atoms with van der Waals surface area (Å²) in [6.45, 7) is 6.10. The summed E-state index contributed by atoms with van der Waals surface area (Å²) in [5, 5.41) is 11.8. The highest BCUT2D eigenvalue weighted by Crippen LogP contribution is 2.26. The van der Waals surface area contributed by atoms with Crippen molar-refractivity contribution in [2.75, 3.05) is 0 Å². The van der Waals surface area contributed by atoms with E-state index in [1.165, 1.54) is 9.75 Å². The van der Waals surface area contributed by atoms with Gasteiger partial charge in [0.15, 0.2) is 0 Å². The maximum atomic E-state index is 12.2. The number of carbonyl (C=O) groups excluding carboxylic acids is 1. The first kappa shape index (κ1) is 14.3. The van der Waals surface area contributed by atoms with E-state index in [2.05, 4.69) is 25.2 Å². The molecule has 102 valence electrons. The van der Waals surface area contributed by atoms with E-state index in [0.717, 1.165) is 5.56 Å². The van der Waals surface area contributed by atoms with Crippen LogP contribution >= 0.6 is 11.3 Å². The van der Waals surface area contributed by atoms with E-state index < -0.39 is 0 Å². The zero-order chi connectivity index (χ0) is 14.7. The van der Waals surface area contributed by atoms with Gasteiger partial charge in [0.25, 0.3) is 5.91 Å². The van der Waals surface area contributed by atoms with Crippen molar-refractivity contribution < 1.29 is 4.79 Å². The van der Waals surface area contributed by atoms with Crippen LogP contribution in [0.2, 0.25) is 0 Å². The predicted molar refractivity (Wildman–Crippen MR) is 80.8 cm³/mol. The third kappa shape index (κ3) is 3.06. The van der Waals surface area contributed by atoms with Crippen molar-refractivity contribution in [3.8, 4) is 6.07 Å². The number of nitriles is 1. The number of aryl methyl sites for hydroxylation is 2. The highest BCUT2D eigenvalue weighted by Gasteiger charge is 2.15. The monoisotopic (exact) mass is 284 g/mol. The molecule has 1 amide bonds. The number of thiophene rings is 1. The molecule has 1 N–H and O–H groups in total. The molecule has 2 rings (SSSR count). The molecule has 0 saturated carbocycles. The Morgan fingerprint density at radius 2 is 2.10 bits per heavy atom. The molecule has 20 heavy (non-hydrogen) atoms. The lowest BCUT2D eigenvalue weighted by Gasteiger charge is -2.14. The SMILES string of the molecule is Cc1cc([C@H](C)NC(=O)c2cccc(C#N)c2)c(C)s1. The summed E-state index contributed by atoms with van der Waals surface area (Å²) in [7, 11) is 0. The van der Waals surface area contributed by atoms with Gasteiger partial charge in [0.2, 0.25) is 0 Å². The number of nitrogens with one attached hydrogen (secondary N) is 1. The van der Waals surface area contributed by atoms with Crippen molar-refractivity contribution in [3.63, 3.8) is 0 Å². The first-order valence-electron chi connectivity index (χ1n) is 6.39. The molecule has 0 bridgehead atoms. The molecule has 1 heterocycles. The summed E-state index contributed by atoms with van der Waals surface area (Å²) in [6.07, 6.45) is 0. The Labute approximate surface area is 122 Å². The summed E-state index contributed by atoms with van der Waals surface area (Å²) < 4.78 is 0. The Bertz CT molecular complexity index is 682. The number of amides is 1. The van der Waals surface area contributed by atoms with E-state index in [4.69, 9.17) is 5.26 Å². The lowest BCUT2D eigenvalue weighted by Crippen LogP contribution is -2.26.